The predicted molar refractivity (Wildman–Crippen MR) is 35.6 cm³/mol. The molecule has 0 unspecified atom stereocenters. The lowest BCUT2D eigenvalue weighted by Crippen LogP contribution is -2.28. The van der Waals surface area contributed by atoms with Crippen LogP contribution in [0.1, 0.15) is 0 Å². The van der Waals surface area contributed by atoms with E-state index in [1.165, 1.54) is 11.4 Å². The zero-order chi connectivity index (χ0) is 6.78. The van der Waals surface area contributed by atoms with Gasteiger partial charge in [0.05, 0.1) is 0 Å². The first kappa shape index (κ1) is 8.19. The molecule has 0 aliphatic heterocycles. The summed E-state index contributed by atoms with van der Waals surface area (Å²) in [5, 5.41) is 0. The average molecular weight is 140 g/mol. The molecule has 0 amide bonds. The lowest BCUT2D eigenvalue weighted by molar-refractivity contribution is 0.403. The Morgan fingerprint density at radius 1 is 1.38 bits per heavy atom. The molecule has 8 heavy (non-hydrogen) atoms. The minimum atomic E-state index is -2.65. The Balaban J connectivity index is 3.71. The fourth-order valence-corrected chi connectivity index (χ4v) is 0.548. The summed E-state index contributed by atoms with van der Waals surface area (Å²) in [7, 11) is 2.02. The van der Waals surface area contributed by atoms with E-state index in [0.717, 1.165) is 0 Å². The van der Waals surface area contributed by atoms with Crippen molar-refractivity contribution in [3.05, 3.63) is 0 Å². The maximum atomic E-state index is 8.85. The van der Waals surface area contributed by atoms with Crippen LogP contribution in [-0.4, -0.2) is 34.6 Å². The van der Waals surface area contributed by atoms with E-state index in [1.807, 2.05) is 0 Å². The Hall–Kier alpha value is 0.190. The van der Waals surface area contributed by atoms with Crippen LogP contribution < -0.4 is 4.72 Å². The molecule has 52 valence electrons. The van der Waals surface area contributed by atoms with Crippen molar-refractivity contribution in [2.24, 2.45) is 0 Å². The standard InChI is InChI=1S/C3H12N2O2S/c1-4-8(6,7)5(2)3/h4,6-7H,1-3H3. The summed E-state index contributed by atoms with van der Waals surface area (Å²) < 4.78 is 21.4. The molecule has 0 radical (unpaired) electrons. The number of nitrogens with one attached hydrogen (secondary N) is 1. The van der Waals surface area contributed by atoms with E-state index in [4.69, 9.17) is 9.11 Å². The molecule has 0 heterocycles. The van der Waals surface area contributed by atoms with Crippen LogP contribution in [-0.2, 0) is 0 Å². The average Bonchev–Trinajstić information content (AvgIpc) is 1.67. The zero-order valence-corrected chi connectivity index (χ0v) is 6.07. The quantitative estimate of drug-likeness (QED) is 0.518. The van der Waals surface area contributed by atoms with Crippen LogP contribution in [0.15, 0.2) is 0 Å². The molecule has 0 rings (SSSR count). The molecule has 0 aliphatic carbocycles. The zero-order valence-electron chi connectivity index (χ0n) is 5.25. The smallest absolute Gasteiger partial charge is 0.00737 e. The van der Waals surface area contributed by atoms with Gasteiger partial charge in [0.2, 0.25) is 0 Å². The molecule has 0 aliphatic rings. The molecule has 0 bridgehead atoms. The monoisotopic (exact) mass is 140 g/mol. The lowest BCUT2D eigenvalue weighted by atomic mass is 11.3. The van der Waals surface area contributed by atoms with E-state index in [1.54, 1.807) is 14.1 Å². The molecule has 4 nitrogen and oxygen atoms in total. The van der Waals surface area contributed by atoms with Crippen molar-refractivity contribution in [3.8, 4) is 0 Å². The molecule has 0 aromatic rings. The van der Waals surface area contributed by atoms with Crippen LogP contribution in [0.3, 0.4) is 0 Å². The normalized spacial score (nSPS) is 14.8. The predicted octanol–water partition coefficient (Wildman–Crippen LogP) is 0.348. The van der Waals surface area contributed by atoms with Gasteiger partial charge in [0.25, 0.3) is 0 Å². The summed E-state index contributed by atoms with van der Waals surface area (Å²) in [4.78, 5) is 0. The summed E-state index contributed by atoms with van der Waals surface area (Å²) in [5.41, 5.74) is 0. The maximum Gasteiger partial charge on any atom is 0.00737 e. The molecule has 0 saturated heterocycles. The molecule has 0 saturated carbocycles. The highest BCUT2D eigenvalue weighted by molar-refractivity contribution is 8.20. The summed E-state index contributed by atoms with van der Waals surface area (Å²) in [5.74, 6) is 0. The summed E-state index contributed by atoms with van der Waals surface area (Å²) in [6.45, 7) is 0. The van der Waals surface area contributed by atoms with Gasteiger partial charge >= 0.3 is 0 Å². The summed E-state index contributed by atoms with van der Waals surface area (Å²) in [6, 6.07) is 0. The van der Waals surface area contributed by atoms with Crippen molar-refractivity contribution < 1.29 is 9.11 Å². The molecule has 0 aromatic carbocycles. The minimum absolute atomic E-state index is 1.33. The number of hydrogen-bond donors (Lipinski definition) is 3. The fourth-order valence-electron chi connectivity index (χ4n) is 0.183. The van der Waals surface area contributed by atoms with Crippen molar-refractivity contribution in [3.63, 3.8) is 0 Å². The lowest BCUT2D eigenvalue weighted by Gasteiger charge is -2.36. The Labute approximate surface area is 51.1 Å². The van der Waals surface area contributed by atoms with Crippen LogP contribution in [0.25, 0.3) is 0 Å². The molecule has 0 atom stereocenters. The number of nitrogens with zero attached hydrogens (tertiary/aromatic N) is 1. The van der Waals surface area contributed by atoms with Crippen molar-refractivity contribution in [2.75, 3.05) is 21.1 Å². The molecule has 0 fully saturated rings. The number of rotatable bonds is 2. The van der Waals surface area contributed by atoms with Crippen molar-refractivity contribution in [2.45, 2.75) is 0 Å². The Bertz CT molecular complexity index is 75.7. The largest absolute Gasteiger partial charge is 0.272 e. The number of hydrogen-bond acceptors (Lipinski definition) is 4. The summed E-state index contributed by atoms with van der Waals surface area (Å²) >= 11 is 0. The molecular weight excluding hydrogens is 128 g/mol. The highest BCUT2D eigenvalue weighted by atomic mass is 32.3. The van der Waals surface area contributed by atoms with Crippen LogP contribution in [0.4, 0.5) is 0 Å². The van der Waals surface area contributed by atoms with Gasteiger partial charge in [-0.2, -0.15) is 4.31 Å². The van der Waals surface area contributed by atoms with Crippen LogP contribution in [0, 0.1) is 0 Å². The first-order valence-corrected chi connectivity index (χ1v) is 3.65. The highest BCUT2D eigenvalue weighted by Crippen LogP contribution is 2.33. The van der Waals surface area contributed by atoms with Gasteiger partial charge in [-0.3, -0.25) is 9.11 Å². The Morgan fingerprint density at radius 3 is 1.75 bits per heavy atom. The van der Waals surface area contributed by atoms with Gasteiger partial charge in [-0.05, 0) is 0 Å². The fraction of sp³-hybridized carbons (Fsp3) is 1.00. The molecular formula is C3H12N2O2S. The van der Waals surface area contributed by atoms with Crippen molar-refractivity contribution >= 4 is 11.0 Å². The van der Waals surface area contributed by atoms with E-state index < -0.39 is 11.0 Å². The topological polar surface area (TPSA) is 55.7 Å². The van der Waals surface area contributed by atoms with Gasteiger partial charge in [-0.25, -0.2) is 4.72 Å². The second kappa shape index (κ2) is 2.65. The third-order valence-electron chi connectivity index (χ3n) is 0.783. The summed E-state index contributed by atoms with van der Waals surface area (Å²) in [6.07, 6.45) is 0. The first-order valence-electron chi connectivity index (χ1n) is 2.15. The van der Waals surface area contributed by atoms with Crippen LogP contribution in [0.2, 0.25) is 0 Å². The van der Waals surface area contributed by atoms with Gasteiger partial charge in [0.15, 0.2) is 0 Å². The van der Waals surface area contributed by atoms with Crippen molar-refractivity contribution in [1.29, 1.82) is 0 Å². The van der Waals surface area contributed by atoms with Gasteiger partial charge < -0.3 is 0 Å². The molecule has 3 N–H and O–H groups in total. The van der Waals surface area contributed by atoms with Crippen molar-refractivity contribution in [1.82, 2.24) is 9.03 Å². The highest BCUT2D eigenvalue weighted by Gasteiger charge is 2.09. The van der Waals surface area contributed by atoms with E-state index >= 15 is 0 Å². The Morgan fingerprint density at radius 2 is 1.75 bits per heavy atom. The molecule has 0 aromatic heterocycles. The van der Waals surface area contributed by atoms with E-state index in [2.05, 4.69) is 4.72 Å². The molecule has 0 spiro atoms. The second-order valence-electron chi connectivity index (χ2n) is 1.54. The minimum Gasteiger partial charge on any atom is -0.272 e. The van der Waals surface area contributed by atoms with E-state index in [0.29, 0.717) is 0 Å². The van der Waals surface area contributed by atoms with Gasteiger partial charge in [-0.1, -0.05) is 11.0 Å². The first-order chi connectivity index (χ1) is 3.50. The SMILES string of the molecule is CNS(O)(O)N(C)C. The van der Waals surface area contributed by atoms with E-state index in [9.17, 15) is 0 Å². The van der Waals surface area contributed by atoms with Crippen LogP contribution >= 0.6 is 11.0 Å². The third-order valence-corrected chi connectivity index (χ3v) is 2.35. The van der Waals surface area contributed by atoms with Gasteiger partial charge in [0, 0.05) is 21.1 Å². The van der Waals surface area contributed by atoms with Crippen LogP contribution in [0.5, 0.6) is 0 Å². The van der Waals surface area contributed by atoms with E-state index in [-0.39, 0.29) is 0 Å². The second-order valence-corrected chi connectivity index (χ2v) is 3.71. The Kier molecular flexibility index (Phi) is 2.72. The molecule has 5 heteroatoms. The van der Waals surface area contributed by atoms with Gasteiger partial charge in [-0.15, -0.1) is 0 Å². The van der Waals surface area contributed by atoms with Gasteiger partial charge in [0.1, 0.15) is 0 Å². The maximum absolute atomic E-state index is 8.85. The third kappa shape index (κ3) is 1.97.